The smallest absolute Gasteiger partial charge is 0.412 e. The molecular formula is C27H30N4O6. The SMILES string of the molecule is CCN(CC)c1ccc(NC(=O)OC(C)c2ccc(ONC(=O)c3ccccc3)c([N+](=O)[O-])c2)c(C)c1. The Labute approximate surface area is 215 Å². The van der Waals surface area contributed by atoms with E-state index in [4.69, 9.17) is 9.57 Å². The summed E-state index contributed by atoms with van der Waals surface area (Å²) in [4.78, 5) is 43.1. The van der Waals surface area contributed by atoms with Crippen molar-refractivity contribution < 1.29 is 24.1 Å². The number of anilines is 2. The van der Waals surface area contributed by atoms with Crippen molar-refractivity contribution >= 4 is 29.1 Å². The van der Waals surface area contributed by atoms with Crippen molar-refractivity contribution in [1.82, 2.24) is 5.48 Å². The van der Waals surface area contributed by atoms with Crippen molar-refractivity contribution in [3.8, 4) is 5.75 Å². The molecule has 2 amide bonds. The molecule has 3 rings (SSSR count). The zero-order valence-corrected chi connectivity index (χ0v) is 21.2. The van der Waals surface area contributed by atoms with Crippen molar-refractivity contribution in [1.29, 1.82) is 0 Å². The van der Waals surface area contributed by atoms with Crippen LogP contribution in [0.2, 0.25) is 0 Å². The maximum absolute atomic E-state index is 12.5. The van der Waals surface area contributed by atoms with Gasteiger partial charge in [-0.2, -0.15) is 5.48 Å². The third-order valence-electron chi connectivity index (χ3n) is 5.80. The molecule has 0 aliphatic carbocycles. The van der Waals surface area contributed by atoms with Gasteiger partial charge in [0.2, 0.25) is 5.75 Å². The van der Waals surface area contributed by atoms with Gasteiger partial charge in [-0.25, -0.2) is 4.79 Å². The largest absolute Gasteiger partial charge is 0.441 e. The van der Waals surface area contributed by atoms with Gasteiger partial charge in [-0.3, -0.25) is 20.2 Å². The predicted octanol–water partition coefficient (Wildman–Crippen LogP) is 5.78. The van der Waals surface area contributed by atoms with Crippen LogP contribution in [-0.4, -0.2) is 30.0 Å². The van der Waals surface area contributed by atoms with E-state index >= 15 is 0 Å². The van der Waals surface area contributed by atoms with Gasteiger partial charge in [0.05, 0.1) is 4.92 Å². The summed E-state index contributed by atoms with van der Waals surface area (Å²) in [7, 11) is 0. The molecule has 37 heavy (non-hydrogen) atoms. The Kier molecular flexibility index (Phi) is 9.04. The summed E-state index contributed by atoms with van der Waals surface area (Å²) in [6.45, 7) is 9.40. The molecule has 3 aromatic carbocycles. The Morgan fingerprint density at radius 3 is 2.35 bits per heavy atom. The second-order valence-corrected chi connectivity index (χ2v) is 8.23. The lowest BCUT2D eigenvalue weighted by molar-refractivity contribution is -0.386. The number of aryl methyl sites for hydroxylation is 1. The highest BCUT2D eigenvalue weighted by Gasteiger charge is 2.22. The van der Waals surface area contributed by atoms with Crippen molar-refractivity contribution in [3.63, 3.8) is 0 Å². The second kappa shape index (κ2) is 12.4. The first kappa shape index (κ1) is 27.0. The van der Waals surface area contributed by atoms with Gasteiger partial charge < -0.3 is 14.5 Å². The van der Waals surface area contributed by atoms with Crippen LogP contribution in [-0.2, 0) is 4.74 Å². The molecule has 2 N–H and O–H groups in total. The average molecular weight is 507 g/mol. The number of carbonyl (C=O) groups excluding carboxylic acids is 2. The van der Waals surface area contributed by atoms with E-state index in [0.29, 0.717) is 16.8 Å². The van der Waals surface area contributed by atoms with Crippen molar-refractivity contribution in [2.24, 2.45) is 0 Å². The van der Waals surface area contributed by atoms with Gasteiger partial charge in [0, 0.05) is 36.1 Å². The highest BCUT2D eigenvalue weighted by atomic mass is 16.7. The lowest BCUT2D eigenvalue weighted by Gasteiger charge is -2.22. The third-order valence-corrected chi connectivity index (χ3v) is 5.80. The van der Waals surface area contributed by atoms with Crippen LogP contribution < -0.4 is 20.5 Å². The number of hydrogen-bond acceptors (Lipinski definition) is 7. The fourth-order valence-corrected chi connectivity index (χ4v) is 3.71. The van der Waals surface area contributed by atoms with E-state index in [1.165, 1.54) is 18.2 Å². The number of carbonyl (C=O) groups is 2. The molecule has 0 radical (unpaired) electrons. The van der Waals surface area contributed by atoms with Crippen LogP contribution in [0.4, 0.5) is 21.9 Å². The highest BCUT2D eigenvalue weighted by molar-refractivity contribution is 5.93. The van der Waals surface area contributed by atoms with Gasteiger partial charge in [-0.05, 0) is 75.2 Å². The second-order valence-electron chi connectivity index (χ2n) is 8.23. The molecule has 0 aliphatic heterocycles. The van der Waals surface area contributed by atoms with Crippen molar-refractivity contribution in [2.75, 3.05) is 23.3 Å². The van der Waals surface area contributed by atoms with Crippen LogP contribution >= 0.6 is 0 Å². The van der Waals surface area contributed by atoms with Crippen LogP contribution in [0.15, 0.2) is 66.7 Å². The van der Waals surface area contributed by atoms with Crippen molar-refractivity contribution in [3.05, 3.63) is 93.5 Å². The number of benzene rings is 3. The molecule has 1 atom stereocenters. The quantitative estimate of drug-likeness (QED) is 0.264. The summed E-state index contributed by atoms with van der Waals surface area (Å²) < 4.78 is 5.45. The number of nitro benzene ring substituents is 1. The Balaban J connectivity index is 1.66. The molecule has 0 aromatic heterocycles. The fraction of sp³-hybridized carbons (Fsp3) is 0.259. The van der Waals surface area contributed by atoms with Crippen LogP contribution in [0.3, 0.4) is 0 Å². The summed E-state index contributed by atoms with van der Waals surface area (Å²) in [5.41, 5.74) is 5.09. The maximum atomic E-state index is 12.5. The van der Waals surface area contributed by atoms with Gasteiger partial charge in [0.1, 0.15) is 6.10 Å². The third kappa shape index (κ3) is 6.97. The Bertz CT molecular complexity index is 1260. The predicted molar refractivity (Wildman–Crippen MR) is 141 cm³/mol. The first-order valence-corrected chi connectivity index (χ1v) is 11.9. The zero-order chi connectivity index (χ0) is 26.9. The number of hydroxylamine groups is 1. The molecule has 0 saturated heterocycles. The molecule has 0 saturated carbocycles. The number of rotatable bonds is 10. The summed E-state index contributed by atoms with van der Waals surface area (Å²) >= 11 is 0. The van der Waals surface area contributed by atoms with Gasteiger partial charge in [-0.15, -0.1) is 0 Å². The van der Waals surface area contributed by atoms with Gasteiger partial charge >= 0.3 is 11.8 Å². The van der Waals surface area contributed by atoms with E-state index < -0.39 is 23.0 Å². The lowest BCUT2D eigenvalue weighted by atomic mass is 10.1. The fourth-order valence-electron chi connectivity index (χ4n) is 3.71. The minimum Gasteiger partial charge on any atom is -0.441 e. The average Bonchev–Trinajstić information content (AvgIpc) is 2.89. The number of amides is 2. The Morgan fingerprint density at radius 2 is 1.73 bits per heavy atom. The van der Waals surface area contributed by atoms with Gasteiger partial charge in [0.25, 0.3) is 5.91 Å². The van der Waals surface area contributed by atoms with E-state index in [1.807, 2.05) is 25.1 Å². The van der Waals surface area contributed by atoms with Crippen LogP contribution in [0, 0.1) is 17.0 Å². The normalized spacial score (nSPS) is 11.2. The molecule has 10 heteroatoms. The van der Waals surface area contributed by atoms with E-state index in [1.54, 1.807) is 37.3 Å². The minimum absolute atomic E-state index is 0.154. The van der Waals surface area contributed by atoms with E-state index in [-0.39, 0.29) is 11.4 Å². The molecule has 0 fully saturated rings. The molecule has 10 nitrogen and oxygen atoms in total. The Hall–Kier alpha value is -4.60. The first-order valence-electron chi connectivity index (χ1n) is 11.9. The summed E-state index contributed by atoms with van der Waals surface area (Å²) in [6.07, 6.45) is -1.48. The molecule has 0 aliphatic rings. The number of ether oxygens (including phenoxy) is 1. The summed E-state index contributed by atoms with van der Waals surface area (Å²) in [5.74, 6) is -0.702. The molecule has 1 unspecified atom stereocenters. The van der Waals surface area contributed by atoms with E-state index in [9.17, 15) is 19.7 Å². The number of nitrogens with zero attached hydrogens (tertiary/aromatic N) is 2. The van der Waals surface area contributed by atoms with E-state index in [0.717, 1.165) is 24.3 Å². The molecule has 0 heterocycles. The van der Waals surface area contributed by atoms with Gasteiger partial charge in [0.15, 0.2) is 0 Å². The minimum atomic E-state index is -0.790. The number of hydrogen-bond donors (Lipinski definition) is 2. The van der Waals surface area contributed by atoms with Crippen LogP contribution in [0.25, 0.3) is 0 Å². The Morgan fingerprint density at radius 1 is 1.03 bits per heavy atom. The monoisotopic (exact) mass is 506 g/mol. The zero-order valence-electron chi connectivity index (χ0n) is 21.2. The standard InChI is InChI=1S/C27H30N4O6/c1-5-30(6-2)22-13-14-23(18(3)16-22)28-27(33)36-19(4)21-12-15-25(24(17-21)31(34)35)37-29-26(32)20-10-8-7-9-11-20/h7-17,19H,5-6H2,1-4H3,(H,28,33)(H,29,32). The first-order chi connectivity index (χ1) is 17.7. The molecule has 0 bridgehead atoms. The molecule has 3 aromatic rings. The summed E-state index contributed by atoms with van der Waals surface area (Å²) in [6, 6.07) is 18.1. The van der Waals surface area contributed by atoms with Crippen LogP contribution in [0.1, 0.15) is 48.4 Å². The molecular weight excluding hydrogens is 476 g/mol. The lowest BCUT2D eigenvalue weighted by Crippen LogP contribution is -2.27. The number of nitro groups is 1. The van der Waals surface area contributed by atoms with Gasteiger partial charge in [-0.1, -0.05) is 24.3 Å². The van der Waals surface area contributed by atoms with Crippen molar-refractivity contribution in [2.45, 2.75) is 33.8 Å². The molecule has 194 valence electrons. The summed E-state index contributed by atoms with van der Waals surface area (Å²) in [5, 5.41) is 14.3. The molecule has 0 spiro atoms. The number of nitrogens with one attached hydrogen (secondary N) is 2. The highest BCUT2D eigenvalue weighted by Crippen LogP contribution is 2.31. The van der Waals surface area contributed by atoms with E-state index in [2.05, 4.69) is 29.5 Å². The van der Waals surface area contributed by atoms with Crippen LogP contribution in [0.5, 0.6) is 5.75 Å². The maximum Gasteiger partial charge on any atom is 0.412 e. The topological polar surface area (TPSA) is 123 Å².